The number of halogens is 1. The van der Waals surface area contributed by atoms with Crippen LogP contribution in [0.4, 0.5) is 20.8 Å². The van der Waals surface area contributed by atoms with Gasteiger partial charge in [-0.25, -0.2) is 23.7 Å². The average Bonchev–Trinajstić information content (AvgIpc) is 3.69. The van der Waals surface area contributed by atoms with Gasteiger partial charge in [0.1, 0.15) is 23.1 Å². The summed E-state index contributed by atoms with van der Waals surface area (Å²) in [5.41, 5.74) is 3.38. The molecular formula is C31H35FN8O2. The summed E-state index contributed by atoms with van der Waals surface area (Å²) in [5, 5.41) is 14.2. The molecule has 1 atom stereocenters. The number of nitrogens with zero attached hydrogens (tertiary/aromatic N) is 8. The molecule has 0 radical (unpaired) electrons. The van der Waals surface area contributed by atoms with Crippen LogP contribution in [0.2, 0.25) is 0 Å². The number of amides is 1. The minimum Gasteiger partial charge on any atom is -0.465 e. The van der Waals surface area contributed by atoms with E-state index in [1.807, 2.05) is 41.0 Å². The van der Waals surface area contributed by atoms with Gasteiger partial charge in [-0.05, 0) is 67.6 Å². The summed E-state index contributed by atoms with van der Waals surface area (Å²) in [7, 11) is 0. The van der Waals surface area contributed by atoms with Crippen LogP contribution in [0.15, 0.2) is 60.8 Å². The van der Waals surface area contributed by atoms with Gasteiger partial charge in [0.15, 0.2) is 5.65 Å². The number of fused-ring (bicyclic) bond motifs is 1. The molecule has 3 saturated heterocycles. The molecule has 0 bridgehead atoms. The van der Waals surface area contributed by atoms with Crippen LogP contribution in [0.3, 0.4) is 0 Å². The molecule has 0 spiro atoms. The normalized spacial score (nSPS) is 20.5. The Morgan fingerprint density at radius 2 is 1.69 bits per heavy atom. The van der Waals surface area contributed by atoms with Crippen LogP contribution < -0.4 is 9.80 Å². The van der Waals surface area contributed by atoms with Gasteiger partial charge in [0.25, 0.3) is 0 Å². The fourth-order valence-corrected chi connectivity index (χ4v) is 6.77. The molecular weight excluding hydrogens is 535 g/mol. The number of carboxylic acid groups (broad SMARTS) is 1. The zero-order valence-electron chi connectivity index (χ0n) is 23.5. The summed E-state index contributed by atoms with van der Waals surface area (Å²) < 4.78 is 15.9. The Morgan fingerprint density at radius 3 is 2.48 bits per heavy atom. The highest BCUT2D eigenvalue weighted by atomic mass is 19.1. The van der Waals surface area contributed by atoms with Gasteiger partial charge < -0.3 is 19.8 Å². The van der Waals surface area contributed by atoms with Gasteiger partial charge in [-0.3, -0.25) is 4.90 Å². The number of likely N-dealkylation sites (tertiary alicyclic amines) is 1. The van der Waals surface area contributed by atoms with Crippen molar-refractivity contribution in [2.45, 2.75) is 37.8 Å². The summed E-state index contributed by atoms with van der Waals surface area (Å²) in [6.07, 6.45) is 4.78. The molecule has 1 amide bonds. The van der Waals surface area contributed by atoms with E-state index >= 15 is 0 Å². The Balaban J connectivity index is 1.08. The third-order valence-electron chi connectivity index (χ3n) is 9.02. The van der Waals surface area contributed by atoms with Crippen molar-refractivity contribution >= 4 is 23.4 Å². The van der Waals surface area contributed by atoms with Gasteiger partial charge in [0.05, 0.1) is 17.9 Å². The summed E-state index contributed by atoms with van der Waals surface area (Å²) in [6, 6.07) is 17.5. The number of piperazine rings is 1. The molecule has 4 aromatic rings. The number of benzene rings is 1. The molecule has 6 heterocycles. The maximum absolute atomic E-state index is 14.0. The van der Waals surface area contributed by atoms with E-state index < -0.39 is 6.09 Å². The molecule has 3 aliphatic rings. The monoisotopic (exact) mass is 570 g/mol. The van der Waals surface area contributed by atoms with Gasteiger partial charge in [-0.2, -0.15) is 0 Å². The number of rotatable bonds is 5. The minimum atomic E-state index is -0.814. The number of carbonyl (C=O) groups is 1. The average molecular weight is 571 g/mol. The lowest BCUT2D eigenvalue weighted by atomic mass is 10.0. The van der Waals surface area contributed by atoms with Crippen LogP contribution >= 0.6 is 0 Å². The van der Waals surface area contributed by atoms with Crippen molar-refractivity contribution < 1.29 is 14.3 Å². The van der Waals surface area contributed by atoms with Crippen molar-refractivity contribution in [2.75, 3.05) is 55.6 Å². The maximum atomic E-state index is 14.0. The molecule has 218 valence electrons. The molecule has 3 aromatic heterocycles. The lowest BCUT2D eigenvalue weighted by molar-refractivity contribution is 0.0918. The van der Waals surface area contributed by atoms with Crippen LogP contribution in [0.5, 0.6) is 0 Å². The number of aromatic nitrogens is 4. The Kier molecular flexibility index (Phi) is 7.10. The molecule has 1 unspecified atom stereocenters. The van der Waals surface area contributed by atoms with E-state index in [0.717, 1.165) is 92.6 Å². The summed E-state index contributed by atoms with van der Waals surface area (Å²) in [4.78, 5) is 29.5. The van der Waals surface area contributed by atoms with E-state index in [1.165, 1.54) is 11.0 Å². The maximum Gasteiger partial charge on any atom is 0.407 e. The highest BCUT2D eigenvalue weighted by Gasteiger charge is 2.30. The quantitative estimate of drug-likeness (QED) is 0.374. The van der Waals surface area contributed by atoms with E-state index in [1.54, 1.807) is 12.1 Å². The molecule has 10 nitrogen and oxygen atoms in total. The standard InChI is InChI=1S/C31H35FN8O2/c32-23-5-1-4-22(20-23)26-7-3-13-39(26)30-10-9-28-33-21-27(40(28)35-30)25-6-2-8-29(34-25)37-18-16-36(17-19-37)24-11-14-38(15-12-24)31(41)42/h1-2,4-6,8-10,20-21,24,26H,3,7,11-19H2,(H,41,42). The first-order valence-electron chi connectivity index (χ1n) is 14.8. The van der Waals surface area contributed by atoms with Gasteiger partial charge in [0, 0.05) is 51.9 Å². The van der Waals surface area contributed by atoms with E-state index in [2.05, 4.69) is 25.8 Å². The SMILES string of the molecule is O=C(O)N1CCC(N2CCN(c3cccc(-c4cnc5ccc(N6CCCC6c6cccc(F)c6)nn45)n3)CC2)CC1. The van der Waals surface area contributed by atoms with E-state index in [4.69, 9.17) is 10.1 Å². The Bertz CT molecular complexity index is 1580. The molecule has 1 aromatic carbocycles. The second-order valence-electron chi connectivity index (χ2n) is 11.4. The smallest absolute Gasteiger partial charge is 0.407 e. The number of hydrogen-bond donors (Lipinski definition) is 1. The van der Waals surface area contributed by atoms with Crippen molar-refractivity contribution in [3.63, 3.8) is 0 Å². The topological polar surface area (TPSA) is 93.3 Å². The highest BCUT2D eigenvalue weighted by molar-refractivity contribution is 5.65. The molecule has 1 N–H and O–H groups in total. The summed E-state index contributed by atoms with van der Waals surface area (Å²) >= 11 is 0. The lowest BCUT2D eigenvalue weighted by Crippen LogP contribution is -2.53. The van der Waals surface area contributed by atoms with Crippen molar-refractivity contribution in [1.82, 2.24) is 29.4 Å². The molecule has 3 aliphatic heterocycles. The van der Waals surface area contributed by atoms with Gasteiger partial charge in [-0.1, -0.05) is 18.2 Å². The molecule has 0 aliphatic carbocycles. The third kappa shape index (κ3) is 5.13. The van der Waals surface area contributed by atoms with Crippen LogP contribution in [-0.4, -0.2) is 92.4 Å². The van der Waals surface area contributed by atoms with Crippen molar-refractivity contribution in [2.24, 2.45) is 0 Å². The number of imidazole rings is 1. The van der Waals surface area contributed by atoms with Crippen LogP contribution in [0.1, 0.15) is 37.3 Å². The fourth-order valence-electron chi connectivity index (χ4n) is 6.77. The zero-order valence-corrected chi connectivity index (χ0v) is 23.5. The third-order valence-corrected chi connectivity index (χ3v) is 9.02. The molecule has 42 heavy (non-hydrogen) atoms. The second-order valence-corrected chi connectivity index (χ2v) is 11.4. The number of piperidine rings is 1. The predicted octanol–water partition coefficient (Wildman–Crippen LogP) is 4.54. The molecule has 0 saturated carbocycles. The first-order chi connectivity index (χ1) is 20.5. The summed E-state index contributed by atoms with van der Waals surface area (Å²) in [6.45, 7) is 5.72. The lowest BCUT2D eigenvalue weighted by Gasteiger charge is -2.42. The Morgan fingerprint density at radius 1 is 0.881 bits per heavy atom. The van der Waals surface area contributed by atoms with Crippen LogP contribution in [-0.2, 0) is 0 Å². The number of anilines is 2. The van der Waals surface area contributed by atoms with E-state index in [0.29, 0.717) is 19.1 Å². The van der Waals surface area contributed by atoms with Crippen LogP contribution in [0, 0.1) is 5.82 Å². The number of hydrogen-bond acceptors (Lipinski definition) is 7. The predicted molar refractivity (Wildman–Crippen MR) is 158 cm³/mol. The van der Waals surface area contributed by atoms with Gasteiger partial charge in [-0.15, -0.1) is 5.10 Å². The van der Waals surface area contributed by atoms with E-state index in [-0.39, 0.29) is 11.9 Å². The van der Waals surface area contributed by atoms with Crippen molar-refractivity contribution in [3.8, 4) is 11.4 Å². The number of pyridine rings is 1. The largest absolute Gasteiger partial charge is 0.465 e. The van der Waals surface area contributed by atoms with Crippen LogP contribution in [0.25, 0.3) is 17.0 Å². The van der Waals surface area contributed by atoms with Crippen molar-refractivity contribution in [3.05, 3.63) is 72.2 Å². The minimum absolute atomic E-state index is 0.0856. The highest BCUT2D eigenvalue weighted by Crippen LogP contribution is 2.36. The zero-order chi connectivity index (χ0) is 28.6. The second kappa shape index (κ2) is 11.2. The van der Waals surface area contributed by atoms with E-state index in [9.17, 15) is 14.3 Å². The molecule has 11 heteroatoms. The molecule has 3 fully saturated rings. The first kappa shape index (κ1) is 26.6. The summed E-state index contributed by atoms with van der Waals surface area (Å²) in [5.74, 6) is 1.56. The Hall–Kier alpha value is -4.25. The Labute approximate surface area is 244 Å². The fraction of sp³-hybridized carbons (Fsp3) is 0.419. The van der Waals surface area contributed by atoms with Gasteiger partial charge in [0.2, 0.25) is 0 Å². The molecule has 7 rings (SSSR count). The van der Waals surface area contributed by atoms with Crippen molar-refractivity contribution in [1.29, 1.82) is 0 Å². The van der Waals surface area contributed by atoms with Gasteiger partial charge >= 0.3 is 6.09 Å². The first-order valence-corrected chi connectivity index (χ1v) is 14.8.